The number of hydrogen-bond acceptors (Lipinski definition) is 2. The maximum atomic E-state index is 12.3. The maximum Gasteiger partial charge on any atom is 0.227 e. The van der Waals surface area contributed by atoms with Crippen LogP contribution >= 0.6 is 0 Å². The molecule has 1 amide bonds. The molecule has 102 valence electrons. The highest BCUT2D eigenvalue weighted by Crippen LogP contribution is 2.22. The van der Waals surface area contributed by atoms with E-state index in [9.17, 15) is 4.79 Å². The van der Waals surface area contributed by atoms with Crippen molar-refractivity contribution in [1.82, 2.24) is 9.80 Å². The first-order chi connectivity index (χ1) is 9.33. The van der Waals surface area contributed by atoms with E-state index < -0.39 is 0 Å². The lowest BCUT2D eigenvalue weighted by atomic mass is 10.1. The summed E-state index contributed by atoms with van der Waals surface area (Å²) in [6, 6.07) is 10.5. The minimum Gasteiger partial charge on any atom is -0.342 e. The molecule has 3 heteroatoms. The van der Waals surface area contributed by atoms with Gasteiger partial charge in [-0.1, -0.05) is 30.3 Å². The standard InChI is InChI=1S/C16H22N2O/c19-16(18-9-4-5-10-18)15-8-11-17(13-15)12-14-6-2-1-3-7-14/h1-3,6-7,15H,4-5,8-13H2. The number of nitrogens with zero attached hydrogens (tertiary/aromatic N) is 2. The molecule has 0 radical (unpaired) electrons. The van der Waals surface area contributed by atoms with Gasteiger partial charge < -0.3 is 4.90 Å². The Balaban J connectivity index is 1.53. The van der Waals surface area contributed by atoms with Gasteiger partial charge in [0.25, 0.3) is 0 Å². The Morgan fingerprint density at radius 2 is 1.84 bits per heavy atom. The second kappa shape index (κ2) is 5.74. The van der Waals surface area contributed by atoms with Crippen LogP contribution in [0.2, 0.25) is 0 Å². The Kier molecular flexibility index (Phi) is 3.83. The molecule has 0 bridgehead atoms. The third-order valence-electron chi connectivity index (χ3n) is 4.29. The summed E-state index contributed by atoms with van der Waals surface area (Å²) in [7, 11) is 0. The number of carbonyl (C=O) groups excluding carboxylic acids is 1. The number of benzene rings is 1. The summed E-state index contributed by atoms with van der Waals surface area (Å²) in [5, 5.41) is 0. The maximum absolute atomic E-state index is 12.3. The molecule has 2 aliphatic heterocycles. The van der Waals surface area contributed by atoms with Crippen LogP contribution in [0.3, 0.4) is 0 Å². The van der Waals surface area contributed by atoms with E-state index in [2.05, 4.69) is 34.1 Å². The molecule has 19 heavy (non-hydrogen) atoms. The molecule has 0 aliphatic carbocycles. The second-order valence-corrected chi connectivity index (χ2v) is 5.74. The van der Waals surface area contributed by atoms with E-state index in [0.29, 0.717) is 5.91 Å². The highest BCUT2D eigenvalue weighted by atomic mass is 16.2. The van der Waals surface area contributed by atoms with Gasteiger partial charge in [0.1, 0.15) is 0 Å². The molecule has 2 fully saturated rings. The van der Waals surface area contributed by atoms with E-state index in [0.717, 1.165) is 39.1 Å². The smallest absolute Gasteiger partial charge is 0.227 e. The van der Waals surface area contributed by atoms with Gasteiger partial charge in [0.05, 0.1) is 5.92 Å². The summed E-state index contributed by atoms with van der Waals surface area (Å²) in [5.74, 6) is 0.634. The molecule has 2 saturated heterocycles. The van der Waals surface area contributed by atoms with Crippen molar-refractivity contribution in [2.24, 2.45) is 5.92 Å². The zero-order chi connectivity index (χ0) is 13.1. The molecule has 0 saturated carbocycles. The third kappa shape index (κ3) is 2.98. The molecule has 3 nitrogen and oxygen atoms in total. The van der Waals surface area contributed by atoms with E-state index in [1.54, 1.807) is 0 Å². The molecular weight excluding hydrogens is 236 g/mol. The van der Waals surface area contributed by atoms with Crippen molar-refractivity contribution in [3.05, 3.63) is 35.9 Å². The molecule has 2 heterocycles. The van der Waals surface area contributed by atoms with E-state index in [1.807, 2.05) is 6.07 Å². The molecule has 1 unspecified atom stereocenters. The largest absolute Gasteiger partial charge is 0.342 e. The van der Waals surface area contributed by atoms with Gasteiger partial charge in [-0.3, -0.25) is 9.69 Å². The Morgan fingerprint density at radius 1 is 1.11 bits per heavy atom. The normalized spacial score (nSPS) is 24.0. The van der Waals surface area contributed by atoms with E-state index >= 15 is 0 Å². The van der Waals surface area contributed by atoms with Crippen LogP contribution in [0.4, 0.5) is 0 Å². The van der Waals surface area contributed by atoms with Crippen molar-refractivity contribution >= 4 is 5.91 Å². The summed E-state index contributed by atoms with van der Waals surface area (Å²) in [5.41, 5.74) is 1.34. The fourth-order valence-corrected chi connectivity index (χ4v) is 3.22. The Labute approximate surface area is 115 Å². The van der Waals surface area contributed by atoms with Crippen LogP contribution in [0.15, 0.2) is 30.3 Å². The first kappa shape index (κ1) is 12.7. The van der Waals surface area contributed by atoms with Crippen LogP contribution in [0.1, 0.15) is 24.8 Å². The van der Waals surface area contributed by atoms with Crippen molar-refractivity contribution < 1.29 is 4.79 Å². The first-order valence-corrected chi connectivity index (χ1v) is 7.38. The van der Waals surface area contributed by atoms with Crippen molar-refractivity contribution in [3.8, 4) is 0 Å². The average molecular weight is 258 g/mol. The lowest BCUT2D eigenvalue weighted by molar-refractivity contribution is -0.134. The van der Waals surface area contributed by atoms with Crippen LogP contribution in [0, 0.1) is 5.92 Å². The second-order valence-electron chi connectivity index (χ2n) is 5.74. The molecule has 2 aliphatic rings. The van der Waals surface area contributed by atoms with E-state index in [4.69, 9.17) is 0 Å². The zero-order valence-electron chi connectivity index (χ0n) is 11.4. The lowest BCUT2D eigenvalue weighted by Gasteiger charge is -2.20. The molecule has 0 spiro atoms. The Hall–Kier alpha value is -1.35. The van der Waals surface area contributed by atoms with Crippen LogP contribution in [0.5, 0.6) is 0 Å². The topological polar surface area (TPSA) is 23.6 Å². The minimum absolute atomic E-state index is 0.238. The van der Waals surface area contributed by atoms with Crippen molar-refractivity contribution in [2.45, 2.75) is 25.8 Å². The highest BCUT2D eigenvalue weighted by molar-refractivity contribution is 5.79. The van der Waals surface area contributed by atoms with Crippen LogP contribution in [-0.4, -0.2) is 41.9 Å². The fraction of sp³-hybridized carbons (Fsp3) is 0.562. The van der Waals surface area contributed by atoms with E-state index in [-0.39, 0.29) is 5.92 Å². The zero-order valence-corrected chi connectivity index (χ0v) is 11.4. The van der Waals surface area contributed by atoms with Gasteiger partial charge in [0, 0.05) is 26.2 Å². The van der Waals surface area contributed by atoms with Gasteiger partial charge in [-0.05, 0) is 31.4 Å². The molecule has 1 aromatic rings. The monoisotopic (exact) mass is 258 g/mol. The summed E-state index contributed by atoms with van der Waals surface area (Å²) < 4.78 is 0. The molecular formula is C16H22N2O. The van der Waals surface area contributed by atoms with Crippen molar-refractivity contribution in [1.29, 1.82) is 0 Å². The van der Waals surface area contributed by atoms with Crippen LogP contribution in [0.25, 0.3) is 0 Å². The number of hydrogen-bond donors (Lipinski definition) is 0. The van der Waals surface area contributed by atoms with Gasteiger partial charge in [0.2, 0.25) is 5.91 Å². The SMILES string of the molecule is O=C(C1CCN(Cc2ccccc2)C1)N1CCCC1. The van der Waals surface area contributed by atoms with Crippen LogP contribution < -0.4 is 0 Å². The summed E-state index contributed by atoms with van der Waals surface area (Å²) >= 11 is 0. The van der Waals surface area contributed by atoms with Gasteiger partial charge in [-0.2, -0.15) is 0 Å². The number of carbonyl (C=O) groups is 1. The predicted molar refractivity (Wildman–Crippen MR) is 75.6 cm³/mol. The van der Waals surface area contributed by atoms with Crippen molar-refractivity contribution in [3.63, 3.8) is 0 Å². The minimum atomic E-state index is 0.238. The third-order valence-corrected chi connectivity index (χ3v) is 4.29. The first-order valence-electron chi connectivity index (χ1n) is 7.38. The van der Waals surface area contributed by atoms with Gasteiger partial charge in [-0.15, -0.1) is 0 Å². The summed E-state index contributed by atoms with van der Waals surface area (Å²) in [6.07, 6.45) is 3.40. The number of likely N-dealkylation sites (tertiary alicyclic amines) is 2. The number of amides is 1. The Morgan fingerprint density at radius 3 is 2.58 bits per heavy atom. The molecule has 0 N–H and O–H groups in total. The van der Waals surface area contributed by atoms with Crippen LogP contribution in [-0.2, 0) is 11.3 Å². The van der Waals surface area contributed by atoms with Crippen molar-refractivity contribution in [2.75, 3.05) is 26.2 Å². The van der Waals surface area contributed by atoms with E-state index in [1.165, 1.54) is 18.4 Å². The predicted octanol–water partition coefficient (Wildman–Crippen LogP) is 2.13. The Bertz CT molecular complexity index is 426. The summed E-state index contributed by atoms with van der Waals surface area (Å²) in [4.78, 5) is 16.8. The molecule has 0 aromatic heterocycles. The lowest BCUT2D eigenvalue weighted by Crippen LogP contribution is -2.35. The quantitative estimate of drug-likeness (QED) is 0.829. The summed E-state index contributed by atoms with van der Waals surface area (Å²) in [6.45, 7) is 4.93. The molecule has 1 atom stereocenters. The van der Waals surface area contributed by atoms with Gasteiger partial charge >= 0.3 is 0 Å². The average Bonchev–Trinajstić information content (AvgIpc) is 3.10. The molecule has 1 aromatic carbocycles. The van der Waals surface area contributed by atoms with Gasteiger partial charge in [-0.25, -0.2) is 0 Å². The highest BCUT2D eigenvalue weighted by Gasteiger charge is 2.32. The fourth-order valence-electron chi connectivity index (χ4n) is 3.22. The molecule has 3 rings (SSSR count). The number of rotatable bonds is 3. The van der Waals surface area contributed by atoms with Gasteiger partial charge in [0.15, 0.2) is 0 Å².